The van der Waals surface area contributed by atoms with E-state index in [9.17, 15) is 12.8 Å². The number of aryl methyl sites for hydroxylation is 2. The Labute approximate surface area is 185 Å². The van der Waals surface area contributed by atoms with Gasteiger partial charge in [-0.3, -0.25) is 4.57 Å². The van der Waals surface area contributed by atoms with Crippen molar-refractivity contribution >= 4 is 27.4 Å². The maximum absolute atomic E-state index is 13.4. The second-order valence-corrected chi connectivity index (χ2v) is 9.73. The summed E-state index contributed by atoms with van der Waals surface area (Å²) in [5.41, 5.74) is 1.93. The fourth-order valence-corrected chi connectivity index (χ4v) is 5.19. The van der Waals surface area contributed by atoms with Gasteiger partial charge in [0, 0.05) is 37.9 Å². The van der Waals surface area contributed by atoms with Gasteiger partial charge in [-0.15, -0.1) is 0 Å². The van der Waals surface area contributed by atoms with E-state index in [0.717, 1.165) is 35.2 Å². The number of rotatable bonds is 4. The molecular formula is C20H22ClFN6O2S. The second-order valence-electron chi connectivity index (χ2n) is 7.38. The highest BCUT2D eigenvalue weighted by Crippen LogP contribution is 2.25. The number of hydrogen-bond acceptors (Lipinski definition) is 6. The Hall–Kier alpha value is -2.56. The van der Waals surface area contributed by atoms with Crippen molar-refractivity contribution in [3.63, 3.8) is 0 Å². The first-order valence-electron chi connectivity index (χ1n) is 9.73. The van der Waals surface area contributed by atoms with Crippen LogP contribution in [0.15, 0.2) is 35.5 Å². The van der Waals surface area contributed by atoms with Crippen molar-refractivity contribution in [1.29, 1.82) is 0 Å². The van der Waals surface area contributed by atoms with Gasteiger partial charge in [-0.1, -0.05) is 11.6 Å². The summed E-state index contributed by atoms with van der Waals surface area (Å²) in [6, 6.07) is 5.33. The van der Waals surface area contributed by atoms with Gasteiger partial charge in [0.2, 0.25) is 10.0 Å². The summed E-state index contributed by atoms with van der Waals surface area (Å²) in [6.07, 6.45) is 1.73. The van der Waals surface area contributed by atoms with E-state index in [0.29, 0.717) is 18.9 Å². The number of benzene rings is 1. The minimum Gasteiger partial charge on any atom is -0.354 e. The SMILES string of the molecule is Cc1nc(N2CCN(S(=O)(=O)c3ccc(F)c(Cl)c3)CC2)cc(-n2cnc(C)c2C)n1. The summed E-state index contributed by atoms with van der Waals surface area (Å²) in [7, 11) is -3.76. The highest BCUT2D eigenvalue weighted by molar-refractivity contribution is 7.89. The summed E-state index contributed by atoms with van der Waals surface area (Å²) >= 11 is 5.77. The third kappa shape index (κ3) is 4.15. The van der Waals surface area contributed by atoms with Crippen molar-refractivity contribution in [2.24, 2.45) is 0 Å². The van der Waals surface area contributed by atoms with Crippen LogP contribution in [0, 0.1) is 26.6 Å². The van der Waals surface area contributed by atoms with Gasteiger partial charge in [-0.25, -0.2) is 27.8 Å². The molecule has 0 spiro atoms. The van der Waals surface area contributed by atoms with Crippen LogP contribution >= 0.6 is 11.6 Å². The lowest BCUT2D eigenvalue weighted by molar-refractivity contribution is 0.383. The fraction of sp³-hybridized carbons (Fsp3) is 0.350. The molecule has 1 aromatic carbocycles. The summed E-state index contributed by atoms with van der Waals surface area (Å²) in [5, 5.41) is -0.214. The molecule has 0 bridgehead atoms. The monoisotopic (exact) mass is 464 g/mol. The second kappa shape index (κ2) is 8.18. The Kier molecular flexibility index (Phi) is 5.71. The van der Waals surface area contributed by atoms with E-state index >= 15 is 0 Å². The average Bonchev–Trinajstić information content (AvgIpc) is 3.08. The van der Waals surface area contributed by atoms with E-state index in [4.69, 9.17) is 11.6 Å². The molecule has 31 heavy (non-hydrogen) atoms. The Morgan fingerprint density at radius 1 is 1.00 bits per heavy atom. The van der Waals surface area contributed by atoms with Crippen molar-refractivity contribution in [2.75, 3.05) is 31.1 Å². The molecule has 0 amide bonds. The minimum absolute atomic E-state index is 0.0153. The maximum Gasteiger partial charge on any atom is 0.243 e. The van der Waals surface area contributed by atoms with Gasteiger partial charge in [0.1, 0.15) is 29.6 Å². The largest absolute Gasteiger partial charge is 0.354 e. The molecular weight excluding hydrogens is 443 g/mol. The first kappa shape index (κ1) is 21.7. The van der Waals surface area contributed by atoms with Gasteiger partial charge in [0.15, 0.2) is 0 Å². The molecule has 0 aliphatic carbocycles. The standard InChI is InChI=1S/C20H22ClFN6O2S/c1-13-14(2)28(12-23-13)20-11-19(24-15(3)25-20)26-6-8-27(9-7-26)31(29,30)16-4-5-18(22)17(21)10-16/h4-5,10-12H,6-9H2,1-3H3. The van der Waals surface area contributed by atoms with E-state index in [2.05, 4.69) is 15.0 Å². The number of imidazole rings is 1. The lowest BCUT2D eigenvalue weighted by Gasteiger charge is -2.34. The fourth-order valence-electron chi connectivity index (χ4n) is 3.50. The maximum atomic E-state index is 13.4. The van der Waals surface area contributed by atoms with E-state index in [1.54, 1.807) is 6.33 Å². The Morgan fingerprint density at radius 2 is 1.68 bits per heavy atom. The van der Waals surface area contributed by atoms with Gasteiger partial charge >= 0.3 is 0 Å². The quantitative estimate of drug-likeness (QED) is 0.590. The Balaban J connectivity index is 1.54. The smallest absolute Gasteiger partial charge is 0.243 e. The van der Waals surface area contributed by atoms with Crippen LogP contribution in [0.3, 0.4) is 0 Å². The van der Waals surface area contributed by atoms with E-state index in [1.165, 1.54) is 10.4 Å². The normalized spacial score (nSPS) is 15.5. The molecule has 0 unspecified atom stereocenters. The Bertz CT molecular complexity index is 1240. The van der Waals surface area contributed by atoms with Crippen LogP contribution in [-0.4, -0.2) is 58.4 Å². The number of nitrogens with zero attached hydrogens (tertiary/aromatic N) is 6. The number of sulfonamides is 1. The molecule has 164 valence electrons. The van der Waals surface area contributed by atoms with Gasteiger partial charge in [0.05, 0.1) is 15.6 Å². The van der Waals surface area contributed by atoms with Crippen molar-refractivity contribution in [2.45, 2.75) is 25.7 Å². The van der Waals surface area contributed by atoms with Crippen LogP contribution in [0.25, 0.3) is 5.82 Å². The zero-order valence-electron chi connectivity index (χ0n) is 17.4. The van der Waals surface area contributed by atoms with Crippen molar-refractivity contribution in [1.82, 2.24) is 23.8 Å². The highest BCUT2D eigenvalue weighted by Gasteiger charge is 2.29. The summed E-state index contributed by atoms with van der Waals surface area (Å²) in [5.74, 6) is 1.42. The molecule has 1 aliphatic rings. The van der Waals surface area contributed by atoms with E-state index in [-0.39, 0.29) is 23.0 Å². The molecule has 8 nitrogen and oxygen atoms in total. The number of aromatic nitrogens is 4. The molecule has 0 atom stereocenters. The zero-order valence-corrected chi connectivity index (χ0v) is 19.0. The summed E-state index contributed by atoms with van der Waals surface area (Å²) in [4.78, 5) is 15.4. The molecule has 0 radical (unpaired) electrons. The van der Waals surface area contributed by atoms with Crippen LogP contribution in [0.1, 0.15) is 17.2 Å². The molecule has 4 rings (SSSR count). The van der Waals surface area contributed by atoms with E-state index < -0.39 is 15.8 Å². The van der Waals surface area contributed by atoms with Crippen LogP contribution < -0.4 is 4.90 Å². The van der Waals surface area contributed by atoms with Crippen molar-refractivity contribution < 1.29 is 12.8 Å². The first-order valence-corrected chi connectivity index (χ1v) is 11.6. The minimum atomic E-state index is -3.76. The van der Waals surface area contributed by atoms with Gasteiger partial charge < -0.3 is 4.90 Å². The molecule has 3 aromatic rings. The molecule has 1 aliphatic heterocycles. The predicted octanol–water partition coefficient (Wildman–Crippen LogP) is 2.89. The predicted molar refractivity (Wildman–Crippen MR) is 116 cm³/mol. The number of hydrogen-bond donors (Lipinski definition) is 0. The highest BCUT2D eigenvalue weighted by atomic mass is 35.5. The summed E-state index contributed by atoms with van der Waals surface area (Å²) < 4.78 is 42.5. The lowest BCUT2D eigenvalue weighted by Crippen LogP contribution is -2.49. The first-order chi connectivity index (χ1) is 14.7. The van der Waals surface area contributed by atoms with Crippen molar-refractivity contribution in [3.05, 3.63) is 58.6 Å². The van der Waals surface area contributed by atoms with Gasteiger partial charge in [0.25, 0.3) is 0 Å². The molecule has 1 fully saturated rings. The number of piperazine rings is 1. The number of anilines is 1. The van der Waals surface area contributed by atoms with Crippen LogP contribution in [0.5, 0.6) is 0 Å². The lowest BCUT2D eigenvalue weighted by atomic mass is 10.3. The molecule has 1 saturated heterocycles. The molecule has 11 heteroatoms. The third-order valence-corrected chi connectivity index (χ3v) is 7.59. The molecule has 2 aromatic heterocycles. The molecule has 3 heterocycles. The van der Waals surface area contributed by atoms with Gasteiger partial charge in [-0.2, -0.15) is 4.31 Å². The van der Waals surface area contributed by atoms with Crippen molar-refractivity contribution in [3.8, 4) is 5.82 Å². The number of halogens is 2. The van der Waals surface area contributed by atoms with Crippen LogP contribution in [-0.2, 0) is 10.0 Å². The third-order valence-electron chi connectivity index (χ3n) is 5.40. The average molecular weight is 465 g/mol. The van der Waals surface area contributed by atoms with E-state index in [1.807, 2.05) is 36.3 Å². The van der Waals surface area contributed by atoms with Gasteiger partial charge in [-0.05, 0) is 39.0 Å². The van der Waals surface area contributed by atoms with Crippen LogP contribution in [0.4, 0.5) is 10.2 Å². The zero-order chi connectivity index (χ0) is 22.3. The molecule has 0 N–H and O–H groups in total. The Morgan fingerprint density at radius 3 is 2.29 bits per heavy atom. The summed E-state index contributed by atoms with van der Waals surface area (Å²) in [6.45, 7) is 7.22. The van der Waals surface area contributed by atoms with Crippen LogP contribution in [0.2, 0.25) is 5.02 Å². The molecule has 0 saturated carbocycles. The topological polar surface area (TPSA) is 84.2 Å².